The van der Waals surface area contributed by atoms with Gasteiger partial charge in [0.1, 0.15) is 5.69 Å². The summed E-state index contributed by atoms with van der Waals surface area (Å²) in [5.74, 6) is -2.62. The number of rotatable bonds is 1. The molecule has 0 aliphatic carbocycles. The summed E-state index contributed by atoms with van der Waals surface area (Å²) >= 11 is 0. The number of aromatic nitrogens is 2. The Balaban J connectivity index is 0.000000277. The highest BCUT2D eigenvalue weighted by molar-refractivity contribution is 5.92. The Morgan fingerprint density at radius 2 is 1.84 bits per heavy atom. The zero-order chi connectivity index (χ0) is 18.7. The van der Waals surface area contributed by atoms with E-state index in [1.165, 1.54) is 0 Å². The minimum Gasteiger partial charge on any atom is -0.475 e. The Kier molecular flexibility index (Phi) is 5.33. The van der Waals surface area contributed by atoms with E-state index in [1.807, 2.05) is 0 Å². The lowest BCUT2D eigenvalue weighted by Crippen LogP contribution is -2.46. The molecule has 2 aliphatic heterocycles. The van der Waals surface area contributed by atoms with E-state index >= 15 is 0 Å². The molecule has 25 heavy (non-hydrogen) atoms. The molecule has 2 fully saturated rings. The zero-order valence-corrected chi connectivity index (χ0v) is 13.1. The van der Waals surface area contributed by atoms with Crippen LogP contribution >= 0.6 is 0 Å². The molecule has 3 rings (SSSR count). The van der Waals surface area contributed by atoms with Crippen molar-refractivity contribution in [1.29, 1.82) is 0 Å². The van der Waals surface area contributed by atoms with Crippen molar-refractivity contribution in [3.8, 4) is 0 Å². The minimum atomic E-state index is -5.08. The van der Waals surface area contributed by atoms with Crippen LogP contribution in [0.3, 0.4) is 0 Å². The fraction of sp³-hybridized carbons (Fsp3) is 0.571. The summed E-state index contributed by atoms with van der Waals surface area (Å²) in [6.07, 6.45) is -1.08. The molecule has 0 saturated carbocycles. The summed E-state index contributed by atoms with van der Waals surface area (Å²) < 4.78 is 31.7. The van der Waals surface area contributed by atoms with Gasteiger partial charge in [0.05, 0.1) is 5.41 Å². The van der Waals surface area contributed by atoms with Gasteiger partial charge in [0.25, 0.3) is 5.91 Å². The molecule has 0 radical (unpaired) electrons. The van der Waals surface area contributed by atoms with Gasteiger partial charge in [-0.25, -0.2) is 4.79 Å². The molecule has 3 heterocycles. The number of piperidine rings is 1. The van der Waals surface area contributed by atoms with Gasteiger partial charge >= 0.3 is 12.1 Å². The molecule has 2 aliphatic rings. The van der Waals surface area contributed by atoms with Crippen LogP contribution in [0.4, 0.5) is 13.2 Å². The average Bonchev–Trinajstić information content (AvgIpc) is 3.19. The van der Waals surface area contributed by atoms with Crippen molar-refractivity contribution in [2.45, 2.75) is 25.4 Å². The fourth-order valence-electron chi connectivity index (χ4n) is 2.88. The number of alkyl halides is 3. The molecule has 2 saturated heterocycles. The third kappa shape index (κ3) is 4.28. The van der Waals surface area contributed by atoms with E-state index in [1.54, 1.807) is 17.2 Å². The number of carboxylic acids is 1. The maximum absolute atomic E-state index is 12.1. The number of hydrogen-bond donors (Lipinski definition) is 3. The smallest absolute Gasteiger partial charge is 0.475 e. The summed E-state index contributed by atoms with van der Waals surface area (Å²) in [6, 6.07) is 1.68. The molecule has 0 bridgehead atoms. The number of carbonyl (C=O) groups is 3. The van der Waals surface area contributed by atoms with Crippen LogP contribution in [-0.4, -0.2) is 63.8 Å². The third-order valence-electron chi connectivity index (χ3n) is 4.35. The van der Waals surface area contributed by atoms with Gasteiger partial charge < -0.3 is 15.3 Å². The van der Waals surface area contributed by atoms with Crippen LogP contribution in [0.15, 0.2) is 12.3 Å². The van der Waals surface area contributed by atoms with Gasteiger partial charge in [-0.1, -0.05) is 0 Å². The number of amides is 2. The number of likely N-dealkylation sites (tertiary alicyclic amines) is 1. The Labute approximate surface area is 140 Å². The van der Waals surface area contributed by atoms with E-state index in [9.17, 15) is 22.8 Å². The van der Waals surface area contributed by atoms with Gasteiger partial charge in [-0.2, -0.15) is 18.3 Å². The molecule has 1 aromatic rings. The predicted molar refractivity (Wildman–Crippen MR) is 77.5 cm³/mol. The Morgan fingerprint density at radius 3 is 2.24 bits per heavy atom. The molecular weight excluding hydrogens is 345 g/mol. The van der Waals surface area contributed by atoms with Gasteiger partial charge in [0.2, 0.25) is 5.91 Å². The number of carboxylic acid groups (broad SMARTS) is 1. The number of hydrogen-bond acceptors (Lipinski definition) is 4. The largest absolute Gasteiger partial charge is 0.490 e. The van der Waals surface area contributed by atoms with E-state index < -0.39 is 12.1 Å². The normalized spacial score (nSPS) is 19.2. The van der Waals surface area contributed by atoms with Crippen molar-refractivity contribution < 1.29 is 32.7 Å². The van der Waals surface area contributed by atoms with E-state index in [2.05, 4.69) is 15.5 Å². The van der Waals surface area contributed by atoms with Gasteiger partial charge in [0.15, 0.2) is 0 Å². The number of aromatic amines is 1. The van der Waals surface area contributed by atoms with Crippen molar-refractivity contribution >= 4 is 17.8 Å². The summed E-state index contributed by atoms with van der Waals surface area (Å²) in [4.78, 5) is 34.6. The molecular formula is C14H17F3N4O4. The number of nitrogens with one attached hydrogen (secondary N) is 2. The quantitative estimate of drug-likeness (QED) is 0.683. The lowest BCUT2D eigenvalue weighted by Gasteiger charge is -2.37. The number of aliphatic carboxylic acids is 1. The molecule has 2 amide bonds. The summed E-state index contributed by atoms with van der Waals surface area (Å²) in [5, 5.41) is 16.5. The molecule has 138 valence electrons. The average molecular weight is 362 g/mol. The SMILES string of the molecule is O=C(O)C(F)(F)F.O=C(c1ccn[nH]1)N1CCC2(CCNC2=O)CC1. The maximum atomic E-state index is 12.1. The number of H-pyrrole nitrogens is 1. The van der Waals surface area contributed by atoms with Gasteiger partial charge in [0, 0.05) is 25.8 Å². The molecule has 8 nitrogen and oxygen atoms in total. The predicted octanol–water partition coefficient (Wildman–Crippen LogP) is 0.785. The Morgan fingerprint density at radius 1 is 1.24 bits per heavy atom. The van der Waals surface area contributed by atoms with Crippen LogP contribution in [0.25, 0.3) is 0 Å². The van der Waals surface area contributed by atoms with E-state index in [-0.39, 0.29) is 17.2 Å². The van der Waals surface area contributed by atoms with Crippen molar-refractivity contribution in [2.75, 3.05) is 19.6 Å². The summed E-state index contributed by atoms with van der Waals surface area (Å²) in [5.41, 5.74) is 0.298. The summed E-state index contributed by atoms with van der Waals surface area (Å²) in [6.45, 7) is 2.06. The van der Waals surface area contributed by atoms with Crippen LogP contribution in [0.2, 0.25) is 0 Å². The van der Waals surface area contributed by atoms with Gasteiger partial charge in [-0.15, -0.1) is 0 Å². The first-order chi connectivity index (χ1) is 11.7. The fourth-order valence-corrected chi connectivity index (χ4v) is 2.88. The highest BCUT2D eigenvalue weighted by atomic mass is 19.4. The second-order valence-corrected chi connectivity index (χ2v) is 5.85. The molecule has 3 N–H and O–H groups in total. The first-order valence-corrected chi connectivity index (χ1v) is 7.53. The molecule has 1 aromatic heterocycles. The van der Waals surface area contributed by atoms with E-state index in [0.29, 0.717) is 18.8 Å². The van der Waals surface area contributed by atoms with Gasteiger partial charge in [-0.05, 0) is 25.3 Å². The molecule has 0 atom stereocenters. The van der Waals surface area contributed by atoms with E-state index in [0.717, 1.165) is 25.8 Å². The molecule has 1 spiro atoms. The zero-order valence-electron chi connectivity index (χ0n) is 13.1. The number of nitrogens with zero attached hydrogens (tertiary/aromatic N) is 2. The first-order valence-electron chi connectivity index (χ1n) is 7.53. The van der Waals surface area contributed by atoms with Crippen LogP contribution in [0.5, 0.6) is 0 Å². The van der Waals surface area contributed by atoms with Crippen molar-refractivity contribution in [3.05, 3.63) is 18.0 Å². The van der Waals surface area contributed by atoms with Crippen LogP contribution < -0.4 is 5.32 Å². The summed E-state index contributed by atoms with van der Waals surface area (Å²) in [7, 11) is 0. The third-order valence-corrected chi connectivity index (χ3v) is 4.35. The molecule has 0 aromatic carbocycles. The topological polar surface area (TPSA) is 115 Å². The number of carbonyl (C=O) groups excluding carboxylic acids is 2. The van der Waals surface area contributed by atoms with Gasteiger partial charge in [-0.3, -0.25) is 14.7 Å². The molecule has 11 heteroatoms. The standard InChI is InChI=1S/C12H16N4O2.C2HF3O2/c17-10(9-1-5-14-15-9)16-7-3-12(4-8-16)2-6-13-11(12)18;3-2(4,5)1(6)7/h1,5H,2-4,6-8H2,(H,13,18)(H,14,15);(H,6,7). The van der Waals surface area contributed by atoms with E-state index in [4.69, 9.17) is 9.90 Å². The minimum absolute atomic E-state index is 0.0271. The first kappa shape index (κ1) is 18.7. The van der Waals surface area contributed by atoms with Crippen LogP contribution in [0.1, 0.15) is 29.8 Å². The Bertz CT molecular complexity index is 637. The lowest BCUT2D eigenvalue weighted by molar-refractivity contribution is -0.192. The second-order valence-electron chi connectivity index (χ2n) is 5.85. The van der Waals surface area contributed by atoms with Crippen LogP contribution in [-0.2, 0) is 9.59 Å². The highest BCUT2D eigenvalue weighted by Gasteiger charge is 2.45. The van der Waals surface area contributed by atoms with Crippen molar-refractivity contribution in [2.24, 2.45) is 5.41 Å². The Hall–Kier alpha value is -2.59. The highest BCUT2D eigenvalue weighted by Crippen LogP contribution is 2.38. The lowest BCUT2D eigenvalue weighted by atomic mass is 9.77. The monoisotopic (exact) mass is 362 g/mol. The molecule has 0 unspecified atom stereocenters. The van der Waals surface area contributed by atoms with Crippen LogP contribution in [0, 0.1) is 5.41 Å². The second kappa shape index (κ2) is 7.11. The maximum Gasteiger partial charge on any atom is 0.490 e. The van der Waals surface area contributed by atoms with Crippen molar-refractivity contribution in [1.82, 2.24) is 20.4 Å². The van der Waals surface area contributed by atoms with Crippen molar-refractivity contribution in [3.63, 3.8) is 0 Å². The number of halogens is 3.